The Balaban J connectivity index is 2.11. The van der Waals surface area contributed by atoms with Gasteiger partial charge in [-0.25, -0.2) is 17.9 Å². The summed E-state index contributed by atoms with van der Waals surface area (Å²) in [7, 11) is -3.97. The summed E-state index contributed by atoms with van der Waals surface area (Å²) in [6, 6.07) is 9.00. The predicted octanol–water partition coefficient (Wildman–Crippen LogP) is 7.97. The van der Waals surface area contributed by atoms with Crippen LogP contribution in [0.2, 0.25) is 10.0 Å². The summed E-state index contributed by atoms with van der Waals surface area (Å²) >= 11 is 12.7. The Labute approximate surface area is 267 Å². The first-order chi connectivity index (χ1) is 20.1. The van der Waals surface area contributed by atoms with Crippen molar-refractivity contribution in [1.29, 1.82) is 0 Å². The van der Waals surface area contributed by atoms with Gasteiger partial charge in [0.2, 0.25) is 10.0 Å². The maximum absolute atomic E-state index is 13.1. The van der Waals surface area contributed by atoms with Crippen LogP contribution in [0.4, 0.5) is 5.69 Å². The van der Waals surface area contributed by atoms with Crippen molar-refractivity contribution in [3.8, 4) is 5.75 Å². The van der Waals surface area contributed by atoms with E-state index in [-0.39, 0.29) is 57.1 Å². The van der Waals surface area contributed by atoms with Gasteiger partial charge in [0.25, 0.3) is 0 Å². The predicted molar refractivity (Wildman–Crippen MR) is 175 cm³/mol. The van der Waals surface area contributed by atoms with E-state index in [2.05, 4.69) is 63.7 Å². The van der Waals surface area contributed by atoms with E-state index >= 15 is 0 Å². The van der Waals surface area contributed by atoms with E-state index in [1.807, 2.05) is 6.07 Å². The van der Waals surface area contributed by atoms with E-state index in [4.69, 9.17) is 37.4 Å². The average Bonchev–Trinajstić information content (AvgIpc) is 2.94. The lowest BCUT2D eigenvalue weighted by atomic mass is 9.76. The Bertz CT molecular complexity index is 1390. The van der Waals surface area contributed by atoms with Crippen LogP contribution in [0.1, 0.15) is 85.8 Å². The van der Waals surface area contributed by atoms with Gasteiger partial charge in [-0.2, -0.15) is 0 Å². The van der Waals surface area contributed by atoms with Crippen molar-refractivity contribution in [2.24, 2.45) is 0 Å². The molecule has 2 aromatic rings. The molecular weight excluding hydrogens is 611 g/mol. The van der Waals surface area contributed by atoms with Crippen LogP contribution in [0.3, 0.4) is 0 Å². The molecule has 2 rings (SSSR count). The quantitative estimate of drug-likeness (QED) is 0.0770. The van der Waals surface area contributed by atoms with Crippen LogP contribution in [-0.2, 0) is 35.1 Å². The molecule has 0 fully saturated rings. The molecule has 8 nitrogen and oxygen atoms in total. The van der Waals surface area contributed by atoms with Crippen molar-refractivity contribution in [2.45, 2.75) is 90.4 Å². The number of rotatable bonds is 17. The van der Waals surface area contributed by atoms with E-state index in [0.717, 1.165) is 30.2 Å². The molecule has 0 bridgehead atoms. The van der Waals surface area contributed by atoms with Gasteiger partial charge in [0.15, 0.2) is 5.88 Å². The number of hydrogen-bond acceptors (Lipinski definition) is 7. The Kier molecular flexibility index (Phi) is 13.7. The van der Waals surface area contributed by atoms with E-state index in [0.29, 0.717) is 13.0 Å². The van der Waals surface area contributed by atoms with Gasteiger partial charge in [-0.05, 0) is 67.7 Å². The Morgan fingerprint density at radius 2 is 1.56 bits per heavy atom. The first kappa shape index (κ1) is 36.7. The van der Waals surface area contributed by atoms with Crippen molar-refractivity contribution in [1.82, 2.24) is 4.72 Å². The Morgan fingerprint density at radius 3 is 2.16 bits per heavy atom. The lowest BCUT2D eigenvalue weighted by Gasteiger charge is -2.30. The lowest BCUT2D eigenvalue weighted by molar-refractivity contribution is -0.137. The molecule has 0 atom stereocenters. The lowest BCUT2D eigenvalue weighted by Crippen LogP contribution is -2.26. The van der Waals surface area contributed by atoms with Crippen LogP contribution in [0.15, 0.2) is 47.2 Å². The van der Waals surface area contributed by atoms with Crippen molar-refractivity contribution in [2.75, 3.05) is 31.7 Å². The molecule has 0 heterocycles. The highest BCUT2D eigenvalue weighted by Gasteiger charge is 2.27. The minimum absolute atomic E-state index is 0.0517. The molecule has 240 valence electrons. The highest BCUT2D eigenvalue weighted by molar-refractivity contribution is 7.89. The van der Waals surface area contributed by atoms with Gasteiger partial charge in [0, 0.05) is 12.1 Å². The summed E-state index contributed by atoms with van der Waals surface area (Å²) in [5, 5.41) is 2.88. The first-order valence-electron chi connectivity index (χ1n) is 14.7. The van der Waals surface area contributed by atoms with Gasteiger partial charge >= 0.3 is 5.97 Å². The molecule has 43 heavy (non-hydrogen) atoms. The second-order valence-corrected chi connectivity index (χ2v) is 13.9. The fourth-order valence-corrected chi connectivity index (χ4v) is 5.96. The van der Waals surface area contributed by atoms with Gasteiger partial charge in [-0.1, -0.05) is 76.9 Å². The number of nitrogens with one attached hydrogen (secondary N) is 2. The topological polar surface area (TPSA) is 103 Å². The second-order valence-electron chi connectivity index (χ2n) is 11.4. The summed E-state index contributed by atoms with van der Waals surface area (Å²) in [4.78, 5) is 11.7. The van der Waals surface area contributed by atoms with E-state index in [1.165, 1.54) is 17.7 Å². The Hall–Kier alpha value is -2.46. The number of sulfonamides is 1. The number of halogens is 2. The molecule has 2 aromatic carbocycles. The monoisotopic (exact) mass is 656 g/mol. The highest BCUT2D eigenvalue weighted by Crippen LogP contribution is 2.38. The van der Waals surface area contributed by atoms with Crippen LogP contribution in [-0.4, -0.2) is 40.8 Å². The highest BCUT2D eigenvalue weighted by atomic mass is 35.5. The maximum Gasteiger partial charge on any atom is 0.336 e. The molecule has 0 radical (unpaired) electrons. The van der Waals surface area contributed by atoms with E-state index < -0.39 is 16.0 Å². The molecule has 0 aromatic heterocycles. The molecule has 0 spiro atoms. The summed E-state index contributed by atoms with van der Waals surface area (Å²) in [5.74, 6) is 0.296. The number of esters is 1. The van der Waals surface area contributed by atoms with E-state index in [9.17, 15) is 13.2 Å². The minimum Gasteiger partial charge on any atom is -0.493 e. The van der Waals surface area contributed by atoms with Gasteiger partial charge < -0.3 is 19.5 Å². The average molecular weight is 658 g/mol. The summed E-state index contributed by atoms with van der Waals surface area (Å²) < 4.78 is 45.2. The number of ether oxygens (including phenoxy) is 3. The van der Waals surface area contributed by atoms with Gasteiger partial charge in [-0.3, -0.25) is 0 Å². The zero-order valence-electron chi connectivity index (χ0n) is 26.5. The fraction of sp³-hybridized carbons (Fsp3) is 0.531. The van der Waals surface area contributed by atoms with Crippen molar-refractivity contribution in [3.05, 3.63) is 63.5 Å². The summed E-state index contributed by atoms with van der Waals surface area (Å²) in [6.45, 7) is 17.6. The van der Waals surface area contributed by atoms with Crippen molar-refractivity contribution in [3.63, 3.8) is 0 Å². The van der Waals surface area contributed by atoms with Gasteiger partial charge in [0.1, 0.15) is 10.6 Å². The zero-order chi connectivity index (χ0) is 32.4. The number of benzene rings is 2. The second kappa shape index (κ2) is 16.0. The van der Waals surface area contributed by atoms with Crippen LogP contribution < -0.4 is 14.8 Å². The van der Waals surface area contributed by atoms with E-state index in [1.54, 1.807) is 13.8 Å². The largest absolute Gasteiger partial charge is 0.493 e. The minimum atomic E-state index is -3.97. The molecule has 11 heteroatoms. The molecule has 0 aliphatic rings. The fourth-order valence-electron chi connectivity index (χ4n) is 4.06. The summed E-state index contributed by atoms with van der Waals surface area (Å²) in [5.41, 5.74) is 2.66. The van der Waals surface area contributed by atoms with Gasteiger partial charge in [0.05, 0.1) is 41.6 Å². The van der Waals surface area contributed by atoms with Crippen LogP contribution in [0.25, 0.3) is 0 Å². The smallest absolute Gasteiger partial charge is 0.336 e. The Morgan fingerprint density at radius 1 is 0.907 bits per heavy atom. The third kappa shape index (κ3) is 10.3. The van der Waals surface area contributed by atoms with Crippen LogP contribution in [0, 0.1) is 0 Å². The number of carbonyl (C=O) groups excluding carboxylic acids is 1. The molecule has 2 N–H and O–H groups in total. The van der Waals surface area contributed by atoms with Crippen molar-refractivity contribution < 1.29 is 27.4 Å². The zero-order valence-corrected chi connectivity index (χ0v) is 28.9. The molecule has 0 amide bonds. The standard InChI is InChI=1S/C32H46Cl2N2O6S/c1-9-31(5,6)22-14-15-27(23(18-22)32(7,8)10-2)42-17-13-16-35-43(38,39)28-20-24(33)26(19-25(28)34)36-29(40-11-3)21-30(37)41-12-4/h14-15,18-21,35-36H,9-13,16-17H2,1-8H3. The van der Waals surface area contributed by atoms with Crippen molar-refractivity contribution >= 4 is 44.9 Å². The number of anilines is 1. The summed E-state index contributed by atoms with van der Waals surface area (Å²) in [6.07, 6.45) is 3.55. The number of carbonyl (C=O) groups is 1. The molecular formula is C32H46Cl2N2O6S. The molecule has 0 aliphatic heterocycles. The van der Waals surface area contributed by atoms with Crippen LogP contribution >= 0.6 is 23.2 Å². The normalized spacial score (nSPS) is 12.7. The van der Waals surface area contributed by atoms with Gasteiger partial charge in [-0.15, -0.1) is 0 Å². The molecule has 0 saturated heterocycles. The van der Waals surface area contributed by atoms with Crippen LogP contribution in [0.5, 0.6) is 5.75 Å². The first-order valence-corrected chi connectivity index (χ1v) is 16.9. The maximum atomic E-state index is 13.1. The third-order valence-electron chi connectivity index (χ3n) is 7.53. The molecule has 0 unspecified atom stereocenters. The molecule has 0 saturated carbocycles. The SMILES string of the molecule is CCOC(=O)C=C(Nc1cc(Cl)c(S(=O)(=O)NCCCOc2ccc(C(C)(C)CC)cc2C(C)(C)CC)cc1Cl)OCC. The molecule has 0 aliphatic carbocycles. The third-order valence-corrected chi connectivity index (χ3v) is 9.77. The number of hydrogen-bond donors (Lipinski definition) is 2.